The lowest BCUT2D eigenvalue weighted by atomic mass is 9.89. The van der Waals surface area contributed by atoms with E-state index in [1.807, 2.05) is 0 Å². The van der Waals surface area contributed by atoms with Gasteiger partial charge in [-0.2, -0.15) is 0 Å². The van der Waals surface area contributed by atoms with E-state index < -0.39 is 0 Å². The monoisotopic (exact) mass is 182 g/mol. The molecule has 0 fully saturated rings. The molecule has 0 N–H and O–H groups in total. The number of hydrogen-bond donors (Lipinski definition) is 0. The Hall–Kier alpha value is -0.260. The topological polar surface area (TPSA) is 0 Å². The first-order valence-electron chi connectivity index (χ1n) is 5.71. The SMILES string of the molecule is CCC(C)C(C)CCCC=C(C)C. The molecule has 0 aliphatic heterocycles. The van der Waals surface area contributed by atoms with E-state index >= 15 is 0 Å². The zero-order chi connectivity index (χ0) is 10.3. The molecular weight excluding hydrogens is 156 g/mol. The largest absolute Gasteiger partial charge is 0.0859 e. The van der Waals surface area contributed by atoms with Crippen LogP contribution in [0.1, 0.15) is 60.3 Å². The van der Waals surface area contributed by atoms with Crippen LogP contribution in [0.3, 0.4) is 0 Å². The van der Waals surface area contributed by atoms with Gasteiger partial charge in [0.05, 0.1) is 0 Å². The fraction of sp³-hybridized carbons (Fsp3) is 0.846. The first-order chi connectivity index (χ1) is 6.07. The summed E-state index contributed by atoms with van der Waals surface area (Å²) in [5.41, 5.74) is 1.45. The van der Waals surface area contributed by atoms with Crippen molar-refractivity contribution in [2.45, 2.75) is 60.3 Å². The molecule has 0 heteroatoms. The van der Waals surface area contributed by atoms with Gasteiger partial charge in [-0.1, -0.05) is 45.3 Å². The molecule has 0 aromatic carbocycles. The molecule has 0 rings (SSSR count). The van der Waals surface area contributed by atoms with E-state index in [2.05, 4.69) is 40.7 Å². The Kier molecular flexibility index (Phi) is 7.03. The molecule has 0 heterocycles. The van der Waals surface area contributed by atoms with Gasteiger partial charge in [-0.25, -0.2) is 0 Å². The zero-order valence-electron chi connectivity index (χ0n) is 10.1. The molecule has 0 saturated carbocycles. The molecule has 0 aliphatic rings. The summed E-state index contributed by atoms with van der Waals surface area (Å²) in [5, 5.41) is 0. The van der Waals surface area contributed by atoms with Crippen molar-refractivity contribution >= 4 is 0 Å². The van der Waals surface area contributed by atoms with Crippen LogP contribution in [0.4, 0.5) is 0 Å². The molecule has 0 aromatic heterocycles. The maximum absolute atomic E-state index is 2.39. The summed E-state index contributed by atoms with van der Waals surface area (Å²) in [6, 6.07) is 0. The molecule has 13 heavy (non-hydrogen) atoms. The second-order valence-corrected chi connectivity index (χ2v) is 4.58. The van der Waals surface area contributed by atoms with E-state index in [1.165, 1.54) is 31.3 Å². The summed E-state index contributed by atoms with van der Waals surface area (Å²) in [6.07, 6.45) is 7.69. The van der Waals surface area contributed by atoms with Crippen LogP contribution in [-0.4, -0.2) is 0 Å². The highest BCUT2D eigenvalue weighted by atomic mass is 14.1. The number of rotatable bonds is 6. The second-order valence-electron chi connectivity index (χ2n) is 4.58. The lowest BCUT2D eigenvalue weighted by molar-refractivity contribution is 0.348. The third kappa shape index (κ3) is 6.86. The lowest BCUT2D eigenvalue weighted by Crippen LogP contribution is -2.06. The van der Waals surface area contributed by atoms with Crippen molar-refractivity contribution in [3.05, 3.63) is 11.6 Å². The van der Waals surface area contributed by atoms with Crippen LogP contribution in [-0.2, 0) is 0 Å². The fourth-order valence-electron chi connectivity index (χ4n) is 1.52. The summed E-state index contributed by atoms with van der Waals surface area (Å²) < 4.78 is 0. The Labute approximate surface area is 84.4 Å². The van der Waals surface area contributed by atoms with Gasteiger partial charge in [0, 0.05) is 0 Å². The molecule has 0 saturated heterocycles. The third-order valence-electron chi connectivity index (χ3n) is 3.03. The molecule has 0 nitrogen and oxygen atoms in total. The van der Waals surface area contributed by atoms with E-state index in [1.54, 1.807) is 0 Å². The van der Waals surface area contributed by atoms with Gasteiger partial charge in [0.1, 0.15) is 0 Å². The molecule has 0 amide bonds. The second kappa shape index (κ2) is 7.17. The Morgan fingerprint density at radius 2 is 1.77 bits per heavy atom. The zero-order valence-corrected chi connectivity index (χ0v) is 10.1. The predicted molar refractivity (Wildman–Crippen MR) is 61.9 cm³/mol. The van der Waals surface area contributed by atoms with Crippen molar-refractivity contribution in [1.82, 2.24) is 0 Å². The molecule has 0 aliphatic carbocycles. The summed E-state index contributed by atoms with van der Waals surface area (Å²) in [5.74, 6) is 1.79. The van der Waals surface area contributed by atoms with Crippen molar-refractivity contribution in [2.24, 2.45) is 11.8 Å². The Balaban J connectivity index is 3.47. The Morgan fingerprint density at radius 1 is 1.15 bits per heavy atom. The minimum atomic E-state index is 0.895. The first kappa shape index (κ1) is 12.7. The quantitative estimate of drug-likeness (QED) is 0.408. The Bertz CT molecular complexity index is 140. The van der Waals surface area contributed by atoms with Gasteiger partial charge in [0.2, 0.25) is 0 Å². The summed E-state index contributed by atoms with van der Waals surface area (Å²) in [4.78, 5) is 0. The molecule has 2 unspecified atom stereocenters. The molecule has 2 atom stereocenters. The van der Waals surface area contributed by atoms with Gasteiger partial charge in [-0.3, -0.25) is 0 Å². The standard InChI is InChI=1S/C13H26/c1-6-12(4)13(5)10-8-7-9-11(2)3/h9,12-13H,6-8,10H2,1-5H3. The third-order valence-corrected chi connectivity index (χ3v) is 3.03. The minimum absolute atomic E-state index is 0.895. The predicted octanol–water partition coefficient (Wildman–Crippen LogP) is 4.81. The highest BCUT2D eigenvalue weighted by molar-refractivity contribution is 4.92. The summed E-state index contributed by atoms with van der Waals surface area (Å²) >= 11 is 0. The average molecular weight is 182 g/mol. The molecule has 0 radical (unpaired) electrons. The molecule has 0 bridgehead atoms. The maximum Gasteiger partial charge on any atom is -0.0348 e. The number of unbranched alkanes of at least 4 members (excludes halogenated alkanes) is 1. The van der Waals surface area contributed by atoms with Crippen LogP contribution < -0.4 is 0 Å². The first-order valence-corrected chi connectivity index (χ1v) is 5.71. The van der Waals surface area contributed by atoms with Gasteiger partial charge < -0.3 is 0 Å². The lowest BCUT2D eigenvalue weighted by Gasteiger charge is -2.17. The van der Waals surface area contributed by atoms with Gasteiger partial charge >= 0.3 is 0 Å². The van der Waals surface area contributed by atoms with Crippen LogP contribution in [0.15, 0.2) is 11.6 Å². The summed E-state index contributed by atoms with van der Waals surface area (Å²) in [6.45, 7) is 11.4. The van der Waals surface area contributed by atoms with Gasteiger partial charge in [-0.15, -0.1) is 0 Å². The van der Waals surface area contributed by atoms with Crippen molar-refractivity contribution in [3.8, 4) is 0 Å². The van der Waals surface area contributed by atoms with Crippen LogP contribution in [0.2, 0.25) is 0 Å². The minimum Gasteiger partial charge on any atom is -0.0859 e. The maximum atomic E-state index is 2.39. The molecule has 78 valence electrons. The highest BCUT2D eigenvalue weighted by Gasteiger charge is 2.08. The highest BCUT2D eigenvalue weighted by Crippen LogP contribution is 2.20. The van der Waals surface area contributed by atoms with Gasteiger partial charge in [0.25, 0.3) is 0 Å². The van der Waals surface area contributed by atoms with Crippen LogP contribution in [0.5, 0.6) is 0 Å². The number of allylic oxidation sites excluding steroid dienone is 2. The van der Waals surface area contributed by atoms with E-state index in [0.29, 0.717) is 0 Å². The van der Waals surface area contributed by atoms with Crippen molar-refractivity contribution in [1.29, 1.82) is 0 Å². The molecule has 0 aromatic rings. The summed E-state index contributed by atoms with van der Waals surface area (Å²) in [7, 11) is 0. The normalized spacial score (nSPS) is 15.2. The van der Waals surface area contributed by atoms with Gasteiger partial charge in [0.15, 0.2) is 0 Å². The fourth-order valence-corrected chi connectivity index (χ4v) is 1.52. The van der Waals surface area contributed by atoms with Crippen LogP contribution in [0.25, 0.3) is 0 Å². The van der Waals surface area contributed by atoms with Crippen molar-refractivity contribution in [2.75, 3.05) is 0 Å². The van der Waals surface area contributed by atoms with Crippen molar-refractivity contribution in [3.63, 3.8) is 0 Å². The Morgan fingerprint density at radius 3 is 2.23 bits per heavy atom. The van der Waals surface area contributed by atoms with E-state index in [4.69, 9.17) is 0 Å². The molecular formula is C13H26. The van der Waals surface area contributed by atoms with Crippen LogP contribution >= 0.6 is 0 Å². The van der Waals surface area contributed by atoms with E-state index in [9.17, 15) is 0 Å². The van der Waals surface area contributed by atoms with E-state index in [-0.39, 0.29) is 0 Å². The molecule has 0 spiro atoms. The average Bonchev–Trinajstić information content (AvgIpc) is 2.10. The smallest absolute Gasteiger partial charge is 0.0348 e. The van der Waals surface area contributed by atoms with E-state index in [0.717, 1.165) is 11.8 Å². The number of hydrogen-bond acceptors (Lipinski definition) is 0. The van der Waals surface area contributed by atoms with Crippen LogP contribution in [0, 0.1) is 11.8 Å². The van der Waals surface area contributed by atoms with Gasteiger partial charge in [-0.05, 0) is 38.5 Å². The van der Waals surface area contributed by atoms with Crippen molar-refractivity contribution < 1.29 is 0 Å².